The van der Waals surface area contributed by atoms with E-state index in [1.807, 2.05) is 4.90 Å². The van der Waals surface area contributed by atoms with Crippen LogP contribution in [0.15, 0.2) is 23.1 Å². The zero-order valence-corrected chi connectivity index (χ0v) is 19.7. The van der Waals surface area contributed by atoms with Gasteiger partial charge in [0.15, 0.2) is 21.4 Å². The van der Waals surface area contributed by atoms with Gasteiger partial charge in [0.25, 0.3) is 0 Å². The Morgan fingerprint density at radius 2 is 1.88 bits per heavy atom. The highest BCUT2D eigenvalue weighted by molar-refractivity contribution is 7.90. The zero-order chi connectivity index (χ0) is 22.8. The molecular weight excluding hydrogens is 433 g/mol. The minimum absolute atomic E-state index is 0.0417. The third-order valence-corrected chi connectivity index (χ3v) is 8.55. The van der Waals surface area contributed by atoms with Crippen molar-refractivity contribution >= 4 is 15.9 Å². The molecule has 2 saturated carbocycles. The van der Waals surface area contributed by atoms with Gasteiger partial charge < -0.3 is 14.4 Å². The number of rotatable bonds is 7. The SMILES string of the molecule is CS(=O)(=O)c1ccc(OCCCC2CC3(CCN(C(=O)OC4CCCC4)CC3)C2)c(F)c1. The van der Waals surface area contributed by atoms with Crippen LogP contribution in [0.2, 0.25) is 0 Å². The van der Waals surface area contributed by atoms with Gasteiger partial charge in [-0.15, -0.1) is 0 Å². The molecule has 2 aliphatic carbocycles. The molecule has 0 N–H and O–H groups in total. The number of ether oxygens (including phenoxy) is 2. The number of carbonyl (C=O) groups is 1. The van der Waals surface area contributed by atoms with E-state index in [1.165, 1.54) is 25.0 Å². The van der Waals surface area contributed by atoms with Crippen LogP contribution in [0, 0.1) is 17.2 Å². The van der Waals surface area contributed by atoms with Crippen molar-refractivity contribution in [2.75, 3.05) is 26.0 Å². The van der Waals surface area contributed by atoms with E-state index in [0.29, 0.717) is 17.9 Å². The molecule has 1 amide bonds. The summed E-state index contributed by atoms with van der Waals surface area (Å²) in [4.78, 5) is 14.2. The summed E-state index contributed by atoms with van der Waals surface area (Å²) >= 11 is 0. The number of piperidine rings is 1. The first-order chi connectivity index (χ1) is 15.2. The summed E-state index contributed by atoms with van der Waals surface area (Å²) in [5.74, 6) is 0.112. The Morgan fingerprint density at radius 1 is 1.19 bits per heavy atom. The van der Waals surface area contributed by atoms with Crippen LogP contribution in [0.5, 0.6) is 5.75 Å². The summed E-state index contributed by atoms with van der Waals surface area (Å²) in [6.07, 6.45) is 11.8. The number of carbonyl (C=O) groups excluding carboxylic acids is 1. The van der Waals surface area contributed by atoms with Crippen LogP contribution in [0.3, 0.4) is 0 Å². The molecule has 3 aliphatic rings. The summed E-state index contributed by atoms with van der Waals surface area (Å²) in [6.45, 7) is 2.01. The molecule has 178 valence electrons. The molecule has 0 unspecified atom stereocenters. The Labute approximate surface area is 190 Å². The lowest BCUT2D eigenvalue weighted by molar-refractivity contribution is -0.0219. The Morgan fingerprint density at radius 3 is 2.50 bits per heavy atom. The van der Waals surface area contributed by atoms with Crippen LogP contribution < -0.4 is 4.74 Å². The Hall–Kier alpha value is -1.83. The number of hydrogen-bond acceptors (Lipinski definition) is 5. The quantitative estimate of drug-likeness (QED) is 0.530. The second-order valence-electron chi connectivity index (χ2n) is 9.91. The van der Waals surface area contributed by atoms with E-state index in [-0.39, 0.29) is 22.8 Å². The van der Waals surface area contributed by atoms with Gasteiger partial charge in [0.05, 0.1) is 11.5 Å². The molecule has 1 aromatic rings. The largest absolute Gasteiger partial charge is 0.491 e. The van der Waals surface area contributed by atoms with Gasteiger partial charge in [0.1, 0.15) is 6.10 Å². The average molecular weight is 468 g/mol. The Kier molecular flexibility index (Phi) is 6.98. The maximum Gasteiger partial charge on any atom is 0.410 e. The molecule has 4 rings (SSSR count). The molecule has 6 nitrogen and oxygen atoms in total. The molecule has 0 atom stereocenters. The first-order valence-corrected chi connectivity index (χ1v) is 13.7. The fourth-order valence-corrected chi connectivity index (χ4v) is 6.18. The van der Waals surface area contributed by atoms with E-state index in [0.717, 1.165) is 76.8 Å². The van der Waals surface area contributed by atoms with Crippen molar-refractivity contribution < 1.29 is 27.1 Å². The average Bonchev–Trinajstić information content (AvgIpc) is 3.23. The summed E-state index contributed by atoms with van der Waals surface area (Å²) < 4.78 is 48.2. The first-order valence-electron chi connectivity index (χ1n) is 11.8. The number of halogens is 1. The summed E-state index contributed by atoms with van der Waals surface area (Å²) in [7, 11) is -3.43. The van der Waals surface area contributed by atoms with Gasteiger partial charge in [0.2, 0.25) is 0 Å². The van der Waals surface area contributed by atoms with Crippen LogP contribution in [0.1, 0.15) is 64.2 Å². The van der Waals surface area contributed by atoms with Crippen LogP contribution >= 0.6 is 0 Å². The lowest BCUT2D eigenvalue weighted by Crippen LogP contribution is -2.49. The van der Waals surface area contributed by atoms with E-state index < -0.39 is 15.7 Å². The number of hydrogen-bond donors (Lipinski definition) is 0. The lowest BCUT2D eigenvalue weighted by Gasteiger charge is -2.52. The van der Waals surface area contributed by atoms with Gasteiger partial charge in [0, 0.05) is 19.3 Å². The van der Waals surface area contributed by atoms with Gasteiger partial charge >= 0.3 is 6.09 Å². The van der Waals surface area contributed by atoms with Gasteiger partial charge in [-0.1, -0.05) is 0 Å². The number of amides is 1. The summed E-state index contributed by atoms with van der Waals surface area (Å²) in [5, 5.41) is 0. The second-order valence-corrected chi connectivity index (χ2v) is 11.9. The van der Waals surface area contributed by atoms with Crippen molar-refractivity contribution in [1.29, 1.82) is 0 Å². The van der Waals surface area contributed by atoms with E-state index in [2.05, 4.69) is 0 Å². The fourth-order valence-electron chi connectivity index (χ4n) is 5.55. The third kappa shape index (κ3) is 5.56. The lowest BCUT2D eigenvalue weighted by atomic mass is 9.56. The van der Waals surface area contributed by atoms with Crippen molar-refractivity contribution in [2.45, 2.75) is 75.2 Å². The van der Waals surface area contributed by atoms with Crippen molar-refractivity contribution in [2.24, 2.45) is 11.3 Å². The molecule has 0 aromatic heterocycles. The van der Waals surface area contributed by atoms with E-state index in [9.17, 15) is 17.6 Å². The molecule has 32 heavy (non-hydrogen) atoms. The van der Waals surface area contributed by atoms with E-state index in [4.69, 9.17) is 9.47 Å². The standard InChI is InChI=1S/C24H34FNO5S/c1-32(28,29)20-8-9-22(21(25)15-20)30-14-4-5-18-16-24(17-18)10-12-26(13-11-24)23(27)31-19-6-2-3-7-19/h8-9,15,18-19H,2-7,10-14,16-17H2,1H3. The molecule has 1 heterocycles. The molecule has 3 fully saturated rings. The maximum absolute atomic E-state index is 14.1. The van der Waals surface area contributed by atoms with Crippen LogP contribution in [-0.2, 0) is 14.6 Å². The zero-order valence-electron chi connectivity index (χ0n) is 18.9. The molecule has 0 bridgehead atoms. The number of benzene rings is 1. The predicted octanol–water partition coefficient (Wildman–Crippen LogP) is 4.96. The van der Waals surface area contributed by atoms with Gasteiger partial charge in [-0.3, -0.25) is 0 Å². The van der Waals surface area contributed by atoms with Crippen molar-refractivity contribution in [3.05, 3.63) is 24.0 Å². The summed E-state index contributed by atoms with van der Waals surface area (Å²) in [6, 6.07) is 3.77. The highest BCUT2D eigenvalue weighted by atomic mass is 32.2. The molecule has 8 heteroatoms. The number of sulfone groups is 1. The third-order valence-electron chi connectivity index (χ3n) is 7.44. The number of nitrogens with zero attached hydrogens (tertiary/aromatic N) is 1. The van der Waals surface area contributed by atoms with Crippen molar-refractivity contribution in [3.8, 4) is 5.75 Å². The van der Waals surface area contributed by atoms with E-state index >= 15 is 0 Å². The normalized spacial score (nSPS) is 21.5. The van der Waals surface area contributed by atoms with Crippen LogP contribution in [-0.4, -0.2) is 51.5 Å². The second kappa shape index (κ2) is 9.57. The fraction of sp³-hybridized carbons (Fsp3) is 0.708. The topological polar surface area (TPSA) is 72.9 Å². The minimum atomic E-state index is -3.43. The monoisotopic (exact) mass is 467 g/mol. The highest BCUT2D eigenvalue weighted by Crippen LogP contribution is 2.54. The molecule has 1 aromatic carbocycles. The number of likely N-dealkylation sites (tertiary alicyclic amines) is 1. The van der Waals surface area contributed by atoms with Gasteiger partial charge in [-0.05, 0) is 93.7 Å². The smallest absolute Gasteiger partial charge is 0.410 e. The van der Waals surface area contributed by atoms with Crippen LogP contribution in [0.25, 0.3) is 0 Å². The molecule has 1 saturated heterocycles. The Bertz CT molecular complexity index is 912. The first kappa shape index (κ1) is 23.3. The van der Waals surface area contributed by atoms with Crippen molar-refractivity contribution in [3.63, 3.8) is 0 Å². The molecule has 0 radical (unpaired) electrons. The molecule has 1 aliphatic heterocycles. The Balaban J connectivity index is 1.12. The van der Waals surface area contributed by atoms with Crippen molar-refractivity contribution in [1.82, 2.24) is 4.90 Å². The maximum atomic E-state index is 14.1. The highest BCUT2D eigenvalue weighted by Gasteiger charge is 2.46. The van der Waals surface area contributed by atoms with Gasteiger partial charge in [-0.2, -0.15) is 0 Å². The molecule has 1 spiro atoms. The van der Waals surface area contributed by atoms with Crippen LogP contribution in [0.4, 0.5) is 9.18 Å². The van der Waals surface area contributed by atoms with Gasteiger partial charge in [-0.25, -0.2) is 17.6 Å². The van der Waals surface area contributed by atoms with E-state index in [1.54, 1.807) is 0 Å². The summed E-state index contributed by atoms with van der Waals surface area (Å²) in [5.41, 5.74) is 0.378. The predicted molar refractivity (Wildman–Crippen MR) is 119 cm³/mol. The minimum Gasteiger partial charge on any atom is -0.491 e. The molecular formula is C24H34FNO5S.